The molecule has 0 heterocycles. The first-order valence-corrected chi connectivity index (χ1v) is 10.0. The fourth-order valence-corrected chi connectivity index (χ4v) is 3.42. The normalized spacial score (nSPS) is 14.0. The van der Waals surface area contributed by atoms with Gasteiger partial charge in [-0.1, -0.05) is 0 Å². The maximum absolute atomic E-state index is 12.4. The molecular formula is C18H20N4O5S. The molecule has 1 saturated carbocycles. The Morgan fingerprint density at radius 2 is 1.79 bits per heavy atom. The van der Waals surface area contributed by atoms with Crippen LogP contribution in [0.5, 0.6) is 0 Å². The fourth-order valence-electron chi connectivity index (χ4n) is 2.52. The predicted molar refractivity (Wildman–Crippen MR) is 105 cm³/mol. The highest BCUT2D eigenvalue weighted by atomic mass is 32.2. The Hall–Kier alpha value is -2.98. The van der Waals surface area contributed by atoms with Crippen LogP contribution in [0.2, 0.25) is 0 Å². The maximum Gasteiger partial charge on any atom is 0.293 e. The first kappa shape index (κ1) is 19.8. The molecule has 28 heavy (non-hydrogen) atoms. The molecule has 1 fully saturated rings. The van der Waals surface area contributed by atoms with E-state index in [-0.39, 0.29) is 22.2 Å². The molecule has 9 nitrogen and oxygen atoms in total. The largest absolute Gasteiger partial charge is 0.377 e. The lowest BCUT2D eigenvalue weighted by Gasteiger charge is -2.12. The van der Waals surface area contributed by atoms with Crippen LogP contribution in [0.3, 0.4) is 0 Å². The van der Waals surface area contributed by atoms with Crippen molar-refractivity contribution in [3.8, 4) is 0 Å². The first-order chi connectivity index (χ1) is 13.2. The summed E-state index contributed by atoms with van der Waals surface area (Å²) >= 11 is 0. The van der Waals surface area contributed by atoms with Crippen LogP contribution in [0.15, 0.2) is 47.4 Å². The van der Waals surface area contributed by atoms with E-state index in [1.165, 1.54) is 56.6 Å². The number of nitrogens with zero attached hydrogens (tertiary/aromatic N) is 2. The average Bonchev–Trinajstić information content (AvgIpc) is 3.46. The smallest absolute Gasteiger partial charge is 0.293 e. The average molecular weight is 404 g/mol. The summed E-state index contributed by atoms with van der Waals surface area (Å²) in [5.41, 5.74) is 0.748. The maximum atomic E-state index is 12.4. The summed E-state index contributed by atoms with van der Waals surface area (Å²) in [5, 5.41) is 17.0. The Balaban J connectivity index is 1.77. The molecular weight excluding hydrogens is 384 g/mol. The number of nitro groups is 1. The van der Waals surface area contributed by atoms with Gasteiger partial charge < -0.3 is 10.6 Å². The van der Waals surface area contributed by atoms with E-state index in [4.69, 9.17) is 0 Å². The third-order valence-electron chi connectivity index (χ3n) is 4.28. The van der Waals surface area contributed by atoms with Gasteiger partial charge in [0.1, 0.15) is 5.69 Å². The molecule has 1 aliphatic carbocycles. The third kappa shape index (κ3) is 4.29. The van der Waals surface area contributed by atoms with Crippen LogP contribution >= 0.6 is 0 Å². The minimum Gasteiger partial charge on any atom is -0.377 e. The van der Waals surface area contributed by atoms with Gasteiger partial charge in [-0.3, -0.25) is 14.9 Å². The van der Waals surface area contributed by atoms with Gasteiger partial charge in [-0.25, -0.2) is 12.7 Å². The van der Waals surface area contributed by atoms with Crippen molar-refractivity contribution in [2.45, 2.75) is 23.8 Å². The number of benzene rings is 2. The van der Waals surface area contributed by atoms with E-state index >= 15 is 0 Å². The molecule has 0 spiro atoms. The van der Waals surface area contributed by atoms with E-state index < -0.39 is 20.9 Å². The predicted octanol–water partition coefficient (Wildman–Crippen LogP) is 2.67. The summed E-state index contributed by atoms with van der Waals surface area (Å²) in [7, 11) is -0.700. The lowest BCUT2D eigenvalue weighted by atomic mass is 10.1. The van der Waals surface area contributed by atoms with Crippen LogP contribution in [0, 0.1) is 10.1 Å². The number of nitrogens with one attached hydrogen (secondary N) is 2. The second-order valence-electron chi connectivity index (χ2n) is 6.67. The summed E-state index contributed by atoms with van der Waals surface area (Å²) in [6.07, 6.45) is 1.94. The molecule has 0 atom stereocenters. The van der Waals surface area contributed by atoms with Gasteiger partial charge >= 0.3 is 0 Å². The highest BCUT2D eigenvalue weighted by Crippen LogP contribution is 2.31. The van der Waals surface area contributed by atoms with E-state index in [0.29, 0.717) is 11.4 Å². The molecule has 0 saturated heterocycles. The minimum absolute atomic E-state index is 0.0987. The van der Waals surface area contributed by atoms with Crippen LogP contribution in [-0.2, 0) is 10.0 Å². The number of amides is 1. The molecule has 1 amide bonds. The highest BCUT2D eigenvalue weighted by molar-refractivity contribution is 7.89. The monoisotopic (exact) mass is 404 g/mol. The topological polar surface area (TPSA) is 122 Å². The summed E-state index contributed by atoms with van der Waals surface area (Å²) in [6, 6.07) is 10.2. The highest BCUT2D eigenvalue weighted by Gasteiger charge is 2.25. The van der Waals surface area contributed by atoms with E-state index in [1.54, 1.807) is 0 Å². The Morgan fingerprint density at radius 3 is 2.32 bits per heavy atom. The lowest BCUT2D eigenvalue weighted by molar-refractivity contribution is -0.384. The zero-order valence-electron chi connectivity index (χ0n) is 15.4. The van der Waals surface area contributed by atoms with Gasteiger partial charge in [0.25, 0.3) is 11.6 Å². The Labute approximate surface area is 162 Å². The number of hydrogen-bond acceptors (Lipinski definition) is 6. The van der Waals surface area contributed by atoms with Crippen LogP contribution < -0.4 is 10.6 Å². The third-order valence-corrected chi connectivity index (χ3v) is 6.11. The number of rotatable bonds is 7. The molecule has 1 aliphatic rings. The van der Waals surface area contributed by atoms with Crippen LogP contribution in [-0.4, -0.2) is 43.7 Å². The molecule has 2 N–H and O–H groups in total. The van der Waals surface area contributed by atoms with Crippen LogP contribution in [0.1, 0.15) is 23.2 Å². The number of carbonyl (C=O) groups is 1. The number of sulfonamides is 1. The van der Waals surface area contributed by atoms with E-state index in [0.717, 1.165) is 17.1 Å². The quantitative estimate of drug-likeness (QED) is 0.540. The second-order valence-corrected chi connectivity index (χ2v) is 8.83. The number of carbonyl (C=O) groups excluding carboxylic acids is 1. The van der Waals surface area contributed by atoms with Crippen molar-refractivity contribution in [3.63, 3.8) is 0 Å². The molecule has 3 rings (SSSR count). The van der Waals surface area contributed by atoms with Gasteiger partial charge in [0.2, 0.25) is 10.0 Å². The van der Waals surface area contributed by atoms with Gasteiger partial charge in [-0.15, -0.1) is 0 Å². The zero-order chi connectivity index (χ0) is 20.5. The van der Waals surface area contributed by atoms with Crippen LogP contribution in [0.4, 0.5) is 17.1 Å². The Morgan fingerprint density at radius 1 is 1.14 bits per heavy atom. The van der Waals surface area contributed by atoms with Gasteiger partial charge in [0.05, 0.1) is 9.82 Å². The van der Waals surface area contributed by atoms with Gasteiger partial charge in [0, 0.05) is 37.5 Å². The number of hydrogen-bond donors (Lipinski definition) is 2. The lowest BCUT2D eigenvalue weighted by Crippen LogP contribution is -2.22. The number of nitro benzene ring substituents is 1. The van der Waals surface area contributed by atoms with Gasteiger partial charge in [-0.05, 0) is 49.2 Å². The Bertz CT molecular complexity index is 1010. The van der Waals surface area contributed by atoms with Gasteiger partial charge in [-0.2, -0.15) is 0 Å². The van der Waals surface area contributed by atoms with Crippen molar-refractivity contribution in [3.05, 3.63) is 58.1 Å². The van der Waals surface area contributed by atoms with E-state index in [2.05, 4.69) is 10.6 Å². The second kappa shape index (κ2) is 7.56. The van der Waals surface area contributed by atoms with Crippen molar-refractivity contribution in [2.75, 3.05) is 24.7 Å². The SMILES string of the molecule is CN(C)S(=O)(=O)c1ccc(NC(=O)c2ccc(NC3CC3)c([N+](=O)[O-])c2)cc1. The standard InChI is InChI=1S/C18H20N4O5S/c1-21(2)28(26,27)15-8-6-14(7-9-15)20-18(23)12-3-10-16(19-13-4-5-13)17(11-12)22(24)25/h3,6-11,13,19H,4-5H2,1-2H3,(H,20,23). The molecule has 0 radical (unpaired) electrons. The Kier molecular flexibility index (Phi) is 5.34. The van der Waals surface area contributed by atoms with Crippen molar-refractivity contribution < 1.29 is 18.1 Å². The van der Waals surface area contributed by atoms with Crippen molar-refractivity contribution in [1.29, 1.82) is 0 Å². The van der Waals surface area contributed by atoms with E-state index in [9.17, 15) is 23.3 Å². The van der Waals surface area contributed by atoms with Crippen molar-refractivity contribution >= 4 is 33.0 Å². The van der Waals surface area contributed by atoms with Crippen molar-refractivity contribution in [1.82, 2.24) is 4.31 Å². The van der Waals surface area contributed by atoms with E-state index in [1.807, 2.05) is 0 Å². The summed E-state index contributed by atoms with van der Waals surface area (Å²) in [5.74, 6) is -0.524. The molecule has 148 valence electrons. The molecule has 0 bridgehead atoms. The van der Waals surface area contributed by atoms with Gasteiger partial charge in [0.15, 0.2) is 0 Å². The summed E-state index contributed by atoms with van der Waals surface area (Å²) in [4.78, 5) is 23.3. The first-order valence-electron chi connectivity index (χ1n) is 8.57. The minimum atomic E-state index is -3.56. The molecule has 2 aromatic rings. The summed E-state index contributed by atoms with van der Waals surface area (Å²) < 4.78 is 25.2. The molecule has 0 unspecified atom stereocenters. The zero-order valence-corrected chi connectivity index (χ0v) is 16.2. The summed E-state index contributed by atoms with van der Waals surface area (Å²) in [6.45, 7) is 0. The van der Waals surface area contributed by atoms with Crippen molar-refractivity contribution in [2.24, 2.45) is 0 Å². The molecule has 0 aliphatic heterocycles. The van der Waals surface area contributed by atoms with Crippen LogP contribution in [0.25, 0.3) is 0 Å². The molecule has 2 aromatic carbocycles. The number of anilines is 2. The fraction of sp³-hybridized carbons (Fsp3) is 0.278. The molecule has 0 aromatic heterocycles. The molecule has 10 heteroatoms.